The minimum Gasteiger partial charge on any atom is -0.351 e. The summed E-state index contributed by atoms with van der Waals surface area (Å²) >= 11 is 0. The summed E-state index contributed by atoms with van der Waals surface area (Å²) in [7, 11) is 0. The summed E-state index contributed by atoms with van der Waals surface area (Å²) in [6.07, 6.45) is 6.20. The van der Waals surface area contributed by atoms with Crippen LogP contribution in [-0.2, 0) is 9.47 Å². The number of hydrazine groups is 1. The van der Waals surface area contributed by atoms with Gasteiger partial charge in [-0.2, -0.15) is 0 Å². The van der Waals surface area contributed by atoms with Crippen molar-refractivity contribution in [3.8, 4) is 0 Å². The lowest BCUT2D eigenvalue weighted by Crippen LogP contribution is -2.51. The van der Waals surface area contributed by atoms with Crippen LogP contribution in [0.2, 0.25) is 0 Å². The minimum atomic E-state index is -0.205. The van der Waals surface area contributed by atoms with Crippen LogP contribution in [0.1, 0.15) is 46.0 Å². The van der Waals surface area contributed by atoms with Gasteiger partial charge in [0.05, 0.1) is 6.04 Å². The van der Waals surface area contributed by atoms with Crippen molar-refractivity contribution < 1.29 is 9.47 Å². The highest BCUT2D eigenvalue weighted by Gasteiger charge is 2.30. The number of hydrogen-bond acceptors (Lipinski definition) is 4. The van der Waals surface area contributed by atoms with Gasteiger partial charge in [-0.1, -0.05) is 19.3 Å². The van der Waals surface area contributed by atoms with E-state index < -0.39 is 0 Å². The van der Waals surface area contributed by atoms with Crippen LogP contribution in [0, 0.1) is 5.92 Å². The maximum absolute atomic E-state index is 5.66. The summed E-state index contributed by atoms with van der Waals surface area (Å²) in [6.45, 7) is 5.30. The molecule has 1 aliphatic carbocycles. The molecule has 1 rings (SSSR count). The number of rotatable bonds is 7. The number of hydrogen-bond donors (Lipinski definition) is 2. The van der Waals surface area contributed by atoms with Gasteiger partial charge in [-0.3, -0.25) is 11.3 Å². The van der Waals surface area contributed by atoms with Gasteiger partial charge in [-0.15, -0.1) is 0 Å². The van der Waals surface area contributed by atoms with E-state index in [0.717, 1.165) is 0 Å². The molecule has 1 fully saturated rings. The molecule has 96 valence electrons. The van der Waals surface area contributed by atoms with Gasteiger partial charge < -0.3 is 9.47 Å². The largest absolute Gasteiger partial charge is 0.351 e. The third kappa shape index (κ3) is 4.01. The van der Waals surface area contributed by atoms with Crippen LogP contribution in [0.25, 0.3) is 0 Å². The maximum atomic E-state index is 5.66. The Labute approximate surface area is 98.8 Å². The van der Waals surface area contributed by atoms with E-state index in [0.29, 0.717) is 19.1 Å². The molecule has 0 aromatic rings. The van der Waals surface area contributed by atoms with Crippen LogP contribution in [0.5, 0.6) is 0 Å². The first kappa shape index (κ1) is 13.9. The molecule has 1 atom stereocenters. The van der Waals surface area contributed by atoms with E-state index in [4.69, 9.17) is 15.3 Å². The molecule has 0 heterocycles. The molecule has 4 heteroatoms. The van der Waals surface area contributed by atoms with Crippen LogP contribution in [0.15, 0.2) is 0 Å². The molecule has 1 saturated carbocycles. The minimum absolute atomic E-state index is 0.125. The first-order valence-electron chi connectivity index (χ1n) is 6.52. The van der Waals surface area contributed by atoms with E-state index >= 15 is 0 Å². The lowest BCUT2D eigenvalue weighted by atomic mass is 9.84. The molecule has 0 spiro atoms. The standard InChI is InChI=1S/C12H26N2O2/c1-3-15-12(16-4-2)11(14-13)10-8-6-5-7-9-10/h10-12,14H,3-9,13H2,1-2H3. The van der Waals surface area contributed by atoms with E-state index in [1.54, 1.807) is 0 Å². The summed E-state index contributed by atoms with van der Waals surface area (Å²) in [4.78, 5) is 0. The Bertz CT molecular complexity index is 166. The fraction of sp³-hybridized carbons (Fsp3) is 1.00. The molecule has 1 aliphatic rings. The second-order valence-corrected chi connectivity index (χ2v) is 4.37. The molecule has 0 aromatic carbocycles. The van der Waals surface area contributed by atoms with E-state index in [2.05, 4.69) is 5.43 Å². The predicted molar refractivity (Wildman–Crippen MR) is 64.7 cm³/mol. The predicted octanol–water partition coefficient (Wildman–Crippen LogP) is 1.80. The molecular weight excluding hydrogens is 204 g/mol. The highest BCUT2D eigenvalue weighted by atomic mass is 16.7. The number of nitrogens with one attached hydrogen (secondary N) is 1. The van der Waals surface area contributed by atoms with Gasteiger partial charge in [0, 0.05) is 13.2 Å². The average molecular weight is 230 g/mol. The van der Waals surface area contributed by atoms with Gasteiger partial charge in [0.25, 0.3) is 0 Å². The van der Waals surface area contributed by atoms with E-state index in [1.165, 1.54) is 32.1 Å². The van der Waals surface area contributed by atoms with Crippen LogP contribution >= 0.6 is 0 Å². The fourth-order valence-corrected chi connectivity index (χ4v) is 2.51. The van der Waals surface area contributed by atoms with Crippen LogP contribution in [0.4, 0.5) is 0 Å². The van der Waals surface area contributed by atoms with Gasteiger partial charge in [0.1, 0.15) is 0 Å². The molecule has 1 unspecified atom stereocenters. The fourth-order valence-electron chi connectivity index (χ4n) is 2.51. The first-order chi connectivity index (χ1) is 7.83. The Kier molecular flexibility index (Phi) is 6.96. The molecule has 16 heavy (non-hydrogen) atoms. The normalized spacial score (nSPS) is 20.2. The summed E-state index contributed by atoms with van der Waals surface area (Å²) in [5, 5.41) is 0. The van der Waals surface area contributed by atoms with Crippen molar-refractivity contribution in [3.05, 3.63) is 0 Å². The Morgan fingerprint density at radius 2 is 1.69 bits per heavy atom. The van der Waals surface area contributed by atoms with Crippen LogP contribution < -0.4 is 11.3 Å². The average Bonchev–Trinajstić information content (AvgIpc) is 2.32. The second kappa shape index (κ2) is 8.01. The molecule has 4 nitrogen and oxygen atoms in total. The van der Waals surface area contributed by atoms with Crippen LogP contribution in [-0.4, -0.2) is 25.5 Å². The zero-order valence-corrected chi connectivity index (χ0v) is 10.6. The molecule has 0 saturated heterocycles. The highest BCUT2D eigenvalue weighted by Crippen LogP contribution is 2.28. The number of ether oxygens (including phenoxy) is 2. The molecule has 0 amide bonds. The maximum Gasteiger partial charge on any atom is 0.174 e. The Morgan fingerprint density at radius 1 is 1.12 bits per heavy atom. The van der Waals surface area contributed by atoms with Gasteiger partial charge in [0.2, 0.25) is 0 Å². The summed E-state index contributed by atoms with van der Waals surface area (Å²) in [6, 6.07) is 0.125. The smallest absolute Gasteiger partial charge is 0.174 e. The van der Waals surface area contributed by atoms with Gasteiger partial charge in [-0.25, -0.2) is 0 Å². The summed E-state index contributed by atoms with van der Waals surface area (Å²) < 4.78 is 11.2. The molecule has 0 radical (unpaired) electrons. The Morgan fingerprint density at radius 3 is 2.12 bits per heavy atom. The molecular formula is C12H26N2O2. The first-order valence-corrected chi connectivity index (χ1v) is 6.52. The van der Waals surface area contributed by atoms with Gasteiger partial charge in [0.15, 0.2) is 6.29 Å². The lowest BCUT2D eigenvalue weighted by Gasteiger charge is -2.34. The SMILES string of the molecule is CCOC(OCC)C(NN)C1CCCCC1. The highest BCUT2D eigenvalue weighted by molar-refractivity contribution is 4.80. The molecule has 3 N–H and O–H groups in total. The van der Waals surface area contributed by atoms with Crippen molar-refractivity contribution in [3.63, 3.8) is 0 Å². The van der Waals surface area contributed by atoms with Crippen molar-refractivity contribution in [1.29, 1.82) is 0 Å². The van der Waals surface area contributed by atoms with E-state index in [9.17, 15) is 0 Å². The zero-order chi connectivity index (χ0) is 11.8. The third-order valence-corrected chi connectivity index (χ3v) is 3.31. The topological polar surface area (TPSA) is 56.5 Å². The summed E-state index contributed by atoms with van der Waals surface area (Å²) in [5.74, 6) is 6.24. The Hall–Kier alpha value is -0.160. The van der Waals surface area contributed by atoms with Crippen molar-refractivity contribution in [2.24, 2.45) is 11.8 Å². The number of nitrogens with two attached hydrogens (primary N) is 1. The van der Waals surface area contributed by atoms with Gasteiger partial charge >= 0.3 is 0 Å². The molecule has 0 aliphatic heterocycles. The lowest BCUT2D eigenvalue weighted by molar-refractivity contribution is -0.164. The van der Waals surface area contributed by atoms with E-state index in [-0.39, 0.29) is 12.3 Å². The van der Waals surface area contributed by atoms with Crippen molar-refractivity contribution >= 4 is 0 Å². The Balaban J connectivity index is 2.52. The van der Waals surface area contributed by atoms with Crippen molar-refractivity contribution in [2.45, 2.75) is 58.3 Å². The molecule has 0 bridgehead atoms. The molecule has 0 aromatic heterocycles. The summed E-state index contributed by atoms with van der Waals surface area (Å²) in [5.41, 5.74) is 2.89. The van der Waals surface area contributed by atoms with E-state index in [1.807, 2.05) is 13.8 Å². The van der Waals surface area contributed by atoms with Gasteiger partial charge in [-0.05, 0) is 32.6 Å². The second-order valence-electron chi connectivity index (χ2n) is 4.37. The third-order valence-electron chi connectivity index (χ3n) is 3.31. The van der Waals surface area contributed by atoms with Crippen molar-refractivity contribution in [1.82, 2.24) is 5.43 Å². The monoisotopic (exact) mass is 230 g/mol. The quantitative estimate of drug-likeness (QED) is 0.398. The van der Waals surface area contributed by atoms with Crippen LogP contribution in [0.3, 0.4) is 0 Å². The zero-order valence-electron chi connectivity index (χ0n) is 10.6. The van der Waals surface area contributed by atoms with Crippen molar-refractivity contribution in [2.75, 3.05) is 13.2 Å².